The van der Waals surface area contributed by atoms with E-state index in [1.54, 1.807) is 13.8 Å². The monoisotopic (exact) mass is 369 g/mol. The van der Waals surface area contributed by atoms with E-state index in [1.807, 2.05) is 31.2 Å². The van der Waals surface area contributed by atoms with Crippen molar-refractivity contribution in [3.05, 3.63) is 52.3 Å². The van der Waals surface area contributed by atoms with Crippen LogP contribution in [0.2, 0.25) is 0 Å². The van der Waals surface area contributed by atoms with Crippen molar-refractivity contribution in [2.24, 2.45) is 0 Å². The van der Waals surface area contributed by atoms with Crippen LogP contribution in [0.3, 0.4) is 0 Å². The zero-order chi connectivity index (χ0) is 18.8. The lowest BCUT2D eigenvalue weighted by Gasteiger charge is -1.99. The van der Waals surface area contributed by atoms with Crippen molar-refractivity contribution < 1.29 is 14.0 Å². The quantitative estimate of drug-likeness (QED) is 0.518. The molecule has 7 heteroatoms. The molecule has 0 aliphatic rings. The molecule has 0 amide bonds. The smallest absolute Gasteiger partial charge is 0.277 e. The number of carbonyl (C=O) groups is 2. The molecule has 0 saturated carbocycles. The molecule has 0 unspecified atom stereocenters. The van der Waals surface area contributed by atoms with E-state index in [0.717, 1.165) is 11.1 Å². The number of Topliss-reactive ketones (excluding diaryl/α,β-unsaturated/α-hetero) is 2. The van der Waals surface area contributed by atoms with Gasteiger partial charge in [-0.25, -0.2) is 0 Å². The van der Waals surface area contributed by atoms with E-state index >= 15 is 0 Å². The summed E-state index contributed by atoms with van der Waals surface area (Å²) in [7, 11) is 0. The number of aryl methyl sites for hydroxylation is 2. The lowest BCUT2D eigenvalue weighted by Crippen LogP contribution is -2.05. The molecule has 0 spiro atoms. The average molecular weight is 369 g/mol. The van der Waals surface area contributed by atoms with Gasteiger partial charge in [0.1, 0.15) is 0 Å². The van der Waals surface area contributed by atoms with Crippen molar-refractivity contribution in [3.63, 3.8) is 0 Å². The van der Waals surface area contributed by atoms with Crippen LogP contribution in [0.4, 0.5) is 0 Å². The molecule has 0 aliphatic heterocycles. The largest absolute Gasteiger partial charge is 0.411 e. The van der Waals surface area contributed by atoms with Gasteiger partial charge in [0, 0.05) is 16.8 Å². The molecule has 3 rings (SSSR count). The maximum absolute atomic E-state index is 12.5. The molecule has 0 saturated heterocycles. The summed E-state index contributed by atoms with van der Waals surface area (Å²) in [6.07, 6.45) is 0. The fourth-order valence-electron chi connectivity index (χ4n) is 2.92. The molecule has 0 fully saturated rings. The fraction of sp³-hybridized carbons (Fsp3) is 0.263. The molecular weight excluding hydrogens is 350 g/mol. The van der Waals surface area contributed by atoms with Gasteiger partial charge >= 0.3 is 0 Å². The third-order valence-corrected chi connectivity index (χ3v) is 4.89. The third-order valence-electron chi connectivity index (χ3n) is 4.07. The Morgan fingerprint density at radius 3 is 2.62 bits per heavy atom. The first-order valence-electron chi connectivity index (χ1n) is 8.13. The van der Waals surface area contributed by atoms with Crippen LogP contribution in [0.1, 0.15) is 44.6 Å². The van der Waals surface area contributed by atoms with Gasteiger partial charge in [0.25, 0.3) is 5.22 Å². The molecule has 0 bridgehead atoms. The first-order valence-corrected chi connectivity index (χ1v) is 9.12. The highest BCUT2D eigenvalue weighted by molar-refractivity contribution is 7.99. The Morgan fingerprint density at radius 2 is 1.96 bits per heavy atom. The van der Waals surface area contributed by atoms with Crippen LogP contribution in [0.25, 0.3) is 11.5 Å². The number of benzene rings is 1. The second-order valence-electron chi connectivity index (χ2n) is 6.14. The molecule has 1 aromatic carbocycles. The van der Waals surface area contributed by atoms with E-state index in [9.17, 15) is 9.59 Å². The number of nitrogens with one attached hydrogen (secondary N) is 1. The number of hydrogen-bond donors (Lipinski definition) is 1. The third kappa shape index (κ3) is 3.62. The van der Waals surface area contributed by atoms with Gasteiger partial charge in [0.05, 0.1) is 11.4 Å². The van der Waals surface area contributed by atoms with Gasteiger partial charge in [-0.05, 0) is 45.4 Å². The lowest BCUT2D eigenvalue weighted by molar-refractivity contribution is 0.101. The van der Waals surface area contributed by atoms with Crippen molar-refractivity contribution in [2.75, 3.05) is 5.75 Å². The maximum Gasteiger partial charge on any atom is 0.277 e. The van der Waals surface area contributed by atoms with Gasteiger partial charge in [-0.3, -0.25) is 9.59 Å². The summed E-state index contributed by atoms with van der Waals surface area (Å²) in [6.45, 7) is 7.06. The van der Waals surface area contributed by atoms with Crippen LogP contribution < -0.4 is 0 Å². The number of carbonyl (C=O) groups excluding carboxylic acids is 2. The Balaban J connectivity index is 1.71. The van der Waals surface area contributed by atoms with Crippen LogP contribution in [0, 0.1) is 20.8 Å². The van der Waals surface area contributed by atoms with Gasteiger partial charge in [-0.2, -0.15) is 0 Å². The Hall–Kier alpha value is -2.67. The molecular formula is C19H19N3O3S. The highest BCUT2D eigenvalue weighted by atomic mass is 32.2. The van der Waals surface area contributed by atoms with Crippen molar-refractivity contribution in [1.82, 2.24) is 15.2 Å². The van der Waals surface area contributed by atoms with Gasteiger partial charge < -0.3 is 9.40 Å². The van der Waals surface area contributed by atoms with Gasteiger partial charge in [0.2, 0.25) is 5.89 Å². The number of aromatic amines is 1. The topological polar surface area (TPSA) is 88.9 Å². The predicted octanol–water partition coefficient (Wildman–Crippen LogP) is 4.17. The second-order valence-corrected chi connectivity index (χ2v) is 7.06. The second kappa shape index (κ2) is 7.29. The van der Waals surface area contributed by atoms with E-state index in [2.05, 4.69) is 15.2 Å². The van der Waals surface area contributed by atoms with Crippen molar-refractivity contribution in [3.8, 4) is 11.5 Å². The fourth-order valence-corrected chi connectivity index (χ4v) is 3.55. The van der Waals surface area contributed by atoms with Crippen molar-refractivity contribution in [1.29, 1.82) is 0 Å². The normalized spacial score (nSPS) is 10.9. The van der Waals surface area contributed by atoms with E-state index in [-0.39, 0.29) is 17.3 Å². The van der Waals surface area contributed by atoms with E-state index in [0.29, 0.717) is 33.6 Å². The minimum absolute atomic E-state index is 0.0531. The van der Waals surface area contributed by atoms with E-state index in [1.165, 1.54) is 18.7 Å². The molecule has 26 heavy (non-hydrogen) atoms. The molecule has 134 valence electrons. The molecule has 6 nitrogen and oxygen atoms in total. The van der Waals surface area contributed by atoms with Crippen LogP contribution in [-0.2, 0) is 0 Å². The molecule has 0 aliphatic carbocycles. The molecule has 0 radical (unpaired) electrons. The minimum Gasteiger partial charge on any atom is -0.411 e. The highest BCUT2D eigenvalue weighted by Gasteiger charge is 2.20. The zero-order valence-corrected chi connectivity index (χ0v) is 15.9. The summed E-state index contributed by atoms with van der Waals surface area (Å²) in [4.78, 5) is 27.2. The number of aromatic nitrogens is 3. The number of nitrogens with zero attached hydrogens (tertiary/aromatic N) is 2. The Morgan fingerprint density at radius 1 is 1.19 bits per heavy atom. The van der Waals surface area contributed by atoms with Gasteiger partial charge in [-0.1, -0.05) is 29.5 Å². The first-order chi connectivity index (χ1) is 12.4. The Labute approximate surface area is 155 Å². The summed E-state index contributed by atoms with van der Waals surface area (Å²) in [6, 6.07) is 7.77. The molecule has 1 N–H and O–H groups in total. The summed E-state index contributed by atoms with van der Waals surface area (Å²) in [5, 5.41) is 8.36. The van der Waals surface area contributed by atoms with Gasteiger partial charge in [0.15, 0.2) is 11.6 Å². The standard InChI is InChI=1S/C19H19N3O3S/c1-10-6-5-7-14(8-10)18-21-22-19(25-18)26-9-15(24)17-11(2)16(13(4)23)12(3)20-17/h5-8,20H,9H2,1-4H3. The lowest BCUT2D eigenvalue weighted by atomic mass is 10.1. The molecule has 3 aromatic rings. The predicted molar refractivity (Wildman–Crippen MR) is 99.8 cm³/mol. The van der Waals surface area contributed by atoms with Crippen LogP contribution in [0.15, 0.2) is 33.9 Å². The molecule has 2 heterocycles. The van der Waals surface area contributed by atoms with Crippen LogP contribution in [0.5, 0.6) is 0 Å². The van der Waals surface area contributed by atoms with Gasteiger partial charge in [-0.15, -0.1) is 10.2 Å². The van der Waals surface area contributed by atoms with E-state index in [4.69, 9.17) is 4.42 Å². The summed E-state index contributed by atoms with van der Waals surface area (Å²) >= 11 is 1.18. The highest BCUT2D eigenvalue weighted by Crippen LogP contribution is 2.25. The van der Waals surface area contributed by atoms with Crippen molar-refractivity contribution >= 4 is 23.3 Å². The Kier molecular flexibility index (Phi) is 5.08. The minimum atomic E-state index is -0.113. The number of ketones is 2. The molecule has 2 aromatic heterocycles. The summed E-state index contributed by atoms with van der Waals surface area (Å²) < 4.78 is 5.63. The number of rotatable bonds is 6. The molecule has 0 atom stereocenters. The average Bonchev–Trinajstić information content (AvgIpc) is 3.17. The number of thioether (sulfide) groups is 1. The van der Waals surface area contributed by atoms with Crippen LogP contribution >= 0.6 is 11.8 Å². The first kappa shape index (κ1) is 18.1. The SMILES string of the molecule is CC(=O)c1c(C)[nH]c(C(=O)CSc2nnc(-c3cccc(C)c3)o2)c1C. The van der Waals surface area contributed by atoms with E-state index < -0.39 is 0 Å². The summed E-state index contributed by atoms with van der Waals surface area (Å²) in [5.74, 6) is 0.406. The van der Waals surface area contributed by atoms with Crippen molar-refractivity contribution in [2.45, 2.75) is 32.9 Å². The zero-order valence-electron chi connectivity index (χ0n) is 15.0. The summed E-state index contributed by atoms with van der Waals surface area (Å²) in [5.41, 5.74) is 4.38. The number of hydrogen-bond acceptors (Lipinski definition) is 6. The maximum atomic E-state index is 12.5. The number of H-pyrrole nitrogens is 1. The van der Waals surface area contributed by atoms with Crippen LogP contribution in [-0.4, -0.2) is 32.5 Å². The Bertz CT molecular complexity index is 988.